The monoisotopic (exact) mass is 300 g/mol. The Hall–Kier alpha value is -2.49. The first kappa shape index (κ1) is 15.9. The normalized spacial score (nSPS) is 10.4. The van der Waals surface area contributed by atoms with Crippen LogP contribution in [0.15, 0.2) is 48.5 Å². The molecule has 0 amide bonds. The molecule has 0 N–H and O–H groups in total. The quantitative estimate of drug-likeness (QED) is 0.767. The van der Waals surface area contributed by atoms with Crippen LogP contribution in [0.3, 0.4) is 0 Å². The summed E-state index contributed by atoms with van der Waals surface area (Å²) in [7, 11) is 3.22. The smallest absolute Gasteiger partial charge is 0.317 e. The molecule has 0 spiro atoms. The van der Waals surface area contributed by atoms with Crippen molar-refractivity contribution < 1.29 is 19.0 Å². The molecule has 0 aliphatic rings. The second kappa shape index (κ2) is 7.50. The van der Waals surface area contributed by atoms with E-state index in [9.17, 15) is 4.79 Å². The second-order valence-corrected chi connectivity index (χ2v) is 4.73. The van der Waals surface area contributed by atoms with Crippen molar-refractivity contribution in [2.24, 2.45) is 0 Å². The Labute approximate surface area is 130 Å². The summed E-state index contributed by atoms with van der Waals surface area (Å²) < 4.78 is 15.5. The van der Waals surface area contributed by atoms with Crippen LogP contribution in [0.25, 0.3) is 0 Å². The van der Waals surface area contributed by atoms with Gasteiger partial charge in [0.1, 0.15) is 17.4 Å². The number of hydrogen-bond acceptors (Lipinski definition) is 4. The van der Waals surface area contributed by atoms with Gasteiger partial charge in [0.05, 0.1) is 20.8 Å². The molecule has 0 aromatic heterocycles. The summed E-state index contributed by atoms with van der Waals surface area (Å²) in [5.41, 5.74) is 1.73. The van der Waals surface area contributed by atoms with Crippen LogP contribution in [-0.4, -0.2) is 26.8 Å². The average Bonchev–Trinajstić information content (AvgIpc) is 2.56. The molecule has 0 aliphatic heterocycles. The van der Waals surface area contributed by atoms with Crippen LogP contribution in [0, 0.1) is 0 Å². The molecule has 0 saturated heterocycles. The van der Waals surface area contributed by atoms with Crippen molar-refractivity contribution in [1.29, 1.82) is 0 Å². The van der Waals surface area contributed by atoms with Crippen LogP contribution in [0.5, 0.6) is 11.5 Å². The predicted molar refractivity (Wildman–Crippen MR) is 84.5 cm³/mol. The Kier molecular flexibility index (Phi) is 5.42. The molecule has 0 unspecified atom stereocenters. The van der Waals surface area contributed by atoms with Gasteiger partial charge >= 0.3 is 5.97 Å². The minimum atomic E-state index is -0.461. The molecule has 0 saturated carbocycles. The second-order valence-electron chi connectivity index (χ2n) is 4.73. The van der Waals surface area contributed by atoms with Gasteiger partial charge in [-0.2, -0.15) is 0 Å². The molecule has 116 valence electrons. The van der Waals surface area contributed by atoms with Gasteiger partial charge in [-0.1, -0.05) is 24.3 Å². The first-order valence-electron chi connectivity index (χ1n) is 7.14. The first-order chi connectivity index (χ1) is 10.7. The molecule has 2 aromatic carbocycles. The number of esters is 1. The minimum Gasteiger partial charge on any atom is -0.497 e. The standard InChI is InChI=1S/C18H20O4/c1-4-22-18(19)17(13-5-9-15(20-2)10-6-13)14-7-11-16(21-3)12-8-14/h5-12,17H,4H2,1-3H3. The van der Waals surface area contributed by atoms with Crippen LogP contribution in [-0.2, 0) is 9.53 Å². The zero-order chi connectivity index (χ0) is 15.9. The van der Waals surface area contributed by atoms with Crippen LogP contribution < -0.4 is 9.47 Å². The van der Waals surface area contributed by atoms with E-state index in [1.54, 1.807) is 21.1 Å². The van der Waals surface area contributed by atoms with E-state index in [-0.39, 0.29) is 5.97 Å². The third-order valence-electron chi connectivity index (χ3n) is 3.42. The van der Waals surface area contributed by atoms with Gasteiger partial charge < -0.3 is 14.2 Å². The largest absolute Gasteiger partial charge is 0.497 e. The molecule has 4 nitrogen and oxygen atoms in total. The number of benzene rings is 2. The molecule has 2 aromatic rings. The fourth-order valence-electron chi connectivity index (χ4n) is 2.28. The van der Waals surface area contributed by atoms with Gasteiger partial charge in [-0.25, -0.2) is 0 Å². The highest BCUT2D eigenvalue weighted by molar-refractivity contribution is 5.82. The summed E-state index contributed by atoms with van der Waals surface area (Å²) in [6.07, 6.45) is 0. The van der Waals surface area contributed by atoms with Crippen molar-refractivity contribution in [2.45, 2.75) is 12.8 Å². The fourth-order valence-corrected chi connectivity index (χ4v) is 2.28. The Morgan fingerprint density at radius 1 is 0.864 bits per heavy atom. The molecule has 0 atom stereocenters. The van der Waals surface area contributed by atoms with Gasteiger partial charge in [-0.05, 0) is 42.3 Å². The molecule has 0 radical (unpaired) electrons. The molecular formula is C18H20O4. The minimum absolute atomic E-state index is 0.266. The number of carbonyl (C=O) groups excluding carboxylic acids is 1. The maximum atomic E-state index is 12.4. The van der Waals surface area contributed by atoms with Gasteiger partial charge in [-0.3, -0.25) is 4.79 Å². The van der Waals surface area contributed by atoms with Gasteiger partial charge in [0.15, 0.2) is 0 Å². The SMILES string of the molecule is CCOC(=O)C(c1ccc(OC)cc1)c1ccc(OC)cc1. The molecule has 22 heavy (non-hydrogen) atoms. The molecule has 2 rings (SSSR count). The van der Waals surface area contributed by atoms with Crippen LogP contribution in [0.2, 0.25) is 0 Å². The van der Waals surface area contributed by atoms with Crippen molar-refractivity contribution in [3.05, 3.63) is 59.7 Å². The molecule has 0 fully saturated rings. The number of ether oxygens (including phenoxy) is 3. The summed E-state index contributed by atoms with van der Waals surface area (Å²) in [4.78, 5) is 12.4. The summed E-state index contributed by atoms with van der Waals surface area (Å²) in [5.74, 6) is 0.775. The maximum Gasteiger partial charge on any atom is 0.317 e. The lowest BCUT2D eigenvalue weighted by Crippen LogP contribution is -2.17. The maximum absolute atomic E-state index is 12.4. The van der Waals surface area contributed by atoms with E-state index < -0.39 is 5.92 Å². The number of hydrogen-bond donors (Lipinski definition) is 0. The molecule has 4 heteroatoms. The first-order valence-corrected chi connectivity index (χ1v) is 7.14. The van der Waals surface area contributed by atoms with E-state index in [1.165, 1.54) is 0 Å². The van der Waals surface area contributed by atoms with Crippen LogP contribution in [0.4, 0.5) is 0 Å². The van der Waals surface area contributed by atoms with E-state index in [0.29, 0.717) is 6.61 Å². The lowest BCUT2D eigenvalue weighted by molar-refractivity contribution is -0.143. The highest BCUT2D eigenvalue weighted by atomic mass is 16.5. The van der Waals surface area contributed by atoms with Crippen molar-refractivity contribution in [3.8, 4) is 11.5 Å². The average molecular weight is 300 g/mol. The van der Waals surface area contributed by atoms with Crippen molar-refractivity contribution in [2.75, 3.05) is 20.8 Å². The lowest BCUT2D eigenvalue weighted by Gasteiger charge is -2.17. The van der Waals surface area contributed by atoms with E-state index in [0.717, 1.165) is 22.6 Å². The molecule has 0 bridgehead atoms. The summed E-state index contributed by atoms with van der Waals surface area (Å²) in [6.45, 7) is 2.15. The Morgan fingerprint density at radius 3 is 1.59 bits per heavy atom. The van der Waals surface area contributed by atoms with Crippen molar-refractivity contribution in [3.63, 3.8) is 0 Å². The lowest BCUT2D eigenvalue weighted by atomic mass is 9.91. The Morgan fingerprint density at radius 2 is 1.27 bits per heavy atom. The van der Waals surface area contributed by atoms with Crippen LogP contribution in [0.1, 0.15) is 24.0 Å². The van der Waals surface area contributed by atoms with E-state index in [2.05, 4.69) is 0 Å². The van der Waals surface area contributed by atoms with Gasteiger partial charge in [0.2, 0.25) is 0 Å². The van der Waals surface area contributed by atoms with E-state index in [4.69, 9.17) is 14.2 Å². The molecule has 0 heterocycles. The Balaban J connectivity index is 2.38. The molecular weight excluding hydrogens is 280 g/mol. The third-order valence-corrected chi connectivity index (χ3v) is 3.42. The molecule has 0 aliphatic carbocycles. The topological polar surface area (TPSA) is 44.8 Å². The zero-order valence-electron chi connectivity index (χ0n) is 13.0. The predicted octanol–water partition coefficient (Wildman–Crippen LogP) is 3.40. The van der Waals surface area contributed by atoms with E-state index >= 15 is 0 Å². The summed E-state index contributed by atoms with van der Waals surface area (Å²) in [5, 5.41) is 0. The van der Waals surface area contributed by atoms with Gasteiger partial charge in [0.25, 0.3) is 0 Å². The zero-order valence-corrected chi connectivity index (χ0v) is 13.0. The Bertz CT molecular complexity index is 554. The fraction of sp³-hybridized carbons (Fsp3) is 0.278. The highest BCUT2D eigenvalue weighted by Crippen LogP contribution is 2.29. The van der Waals surface area contributed by atoms with Gasteiger partial charge in [0, 0.05) is 0 Å². The number of methoxy groups -OCH3 is 2. The van der Waals surface area contributed by atoms with E-state index in [1.807, 2.05) is 48.5 Å². The van der Waals surface area contributed by atoms with Crippen molar-refractivity contribution >= 4 is 5.97 Å². The highest BCUT2D eigenvalue weighted by Gasteiger charge is 2.24. The number of carbonyl (C=O) groups is 1. The third kappa shape index (κ3) is 3.58. The van der Waals surface area contributed by atoms with Gasteiger partial charge in [-0.15, -0.1) is 0 Å². The van der Waals surface area contributed by atoms with Crippen molar-refractivity contribution in [1.82, 2.24) is 0 Å². The summed E-state index contributed by atoms with van der Waals surface area (Å²) >= 11 is 0. The van der Waals surface area contributed by atoms with Crippen LogP contribution >= 0.6 is 0 Å². The summed E-state index contributed by atoms with van der Waals surface area (Å²) in [6, 6.07) is 14.9. The number of rotatable bonds is 6.